The zero-order chi connectivity index (χ0) is 23.7. The lowest BCUT2D eigenvalue weighted by atomic mass is 10.0. The minimum Gasteiger partial charge on any atom is -0.495 e. The van der Waals surface area contributed by atoms with Crippen LogP contribution in [-0.2, 0) is 4.79 Å². The Morgan fingerprint density at radius 3 is 2.42 bits per heavy atom. The highest BCUT2D eigenvalue weighted by Crippen LogP contribution is 2.46. The number of hydrogen-bond acceptors (Lipinski definition) is 6. The van der Waals surface area contributed by atoms with Crippen molar-refractivity contribution in [1.82, 2.24) is 14.9 Å². The van der Waals surface area contributed by atoms with E-state index in [-0.39, 0.29) is 12.1 Å². The summed E-state index contributed by atoms with van der Waals surface area (Å²) in [5.41, 5.74) is 2.21. The van der Waals surface area contributed by atoms with E-state index in [1.54, 1.807) is 26.5 Å². The lowest BCUT2D eigenvalue weighted by Gasteiger charge is -2.22. The molecule has 1 aliphatic rings. The lowest BCUT2D eigenvalue weighted by molar-refractivity contribution is -0.119. The van der Waals surface area contributed by atoms with Crippen LogP contribution in [0, 0.1) is 5.92 Å². The maximum absolute atomic E-state index is 11.4. The molecular weight excluding hydrogens is 463 g/mol. The van der Waals surface area contributed by atoms with Crippen LogP contribution in [0.25, 0.3) is 22.0 Å². The van der Waals surface area contributed by atoms with Crippen molar-refractivity contribution in [3.05, 3.63) is 40.5 Å². The van der Waals surface area contributed by atoms with Gasteiger partial charge in [0.05, 0.1) is 29.8 Å². The van der Waals surface area contributed by atoms with E-state index < -0.39 is 0 Å². The predicted molar refractivity (Wildman–Crippen MR) is 132 cm³/mol. The fraction of sp³-hybridized carbons (Fsp3) is 0.375. The standard InChI is InChI=1S/C24H26Cl2N4O3/c1-13(2)18-8-16(11-30(18)12-31)28-24-27-10-15-7-14(5-6-17(15)29-24)21-22(25)19(32-3)9-20(33-4)23(21)26/h5-7,9-10,12-13,16,18H,8,11H2,1-4H3,(H,27,28,29). The minimum atomic E-state index is 0.112. The second kappa shape index (κ2) is 9.61. The summed E-state index contributed by atoms with van der Waals surface area (Å²) in [7, 11) is 3.09. The molecule has 0 spiro atoms. The van der Waals surface area contributed by atoms with Crippen LogP contribution in [-0.4, -0.2) is 54.1 Å². The second-order valence-corrected chi connectivity index (χ2v) is 9.20. The van der Waals surface area contributed by atoms with Gasteiger partial charge in [0.15, 0.2) is 0 Å². The molecule has 3 aromatic rings. The summed E-state index contributed by atoms with van der Waals surface area (Å²) in [5.74, 6) is 1.88. The first kappa shape index (κ1) is 23.4. The average molecular weight is 489 g/mol. The number of carbonyl (C=O) groups excluding carboxylic acids is 1. The summed E-state index contributed by atoms with van der Waals surface area (Å²) in [6.07, 6.45) is 3.56. The predicted octanol–water partition coefficient (Wildman–Crippen LogP) is 5.29. The van der Waals surface area contributed by atoms with Crippen molar-refractivity contribution in [3.63, 3.8) is 0 Å². The van der Waals surface area contributed by atoms with Crippen molar-refractivity contribution in [2.24, 2.45) is 5.92 Å². The molecule has 4 rings (SSSR count). The molecule has 1 saturated heterocycles. The zero-order valence-corrected chi connectivity index (χ0v) is 20.4. The number of methoxy groups -OCH3 is 2. The van der Waals surface area contributed by atoms with Gasteiger partial charge in [0.25, 0.3) is 0 Å². The number of hydrogen-bond donors (Lipinski definition) is 1. The monoisotopic (exact) mass is 488 g/mol. The molecule has 0 bridgehead atoms. The number of nitrogens with one attached hydrogen (secondary N) is 1. The van der Waals surface area contributed by atoms with E-state index in [1.807, 2.05) is 23.1 Å². The molecule has 7 nitrogen and oxygen atoms in total. The van der Waals surface area contributed by atoms with Gasteiger partial charge in [0.1, 0.15) is 11.5 Å². The maximum atomic E-state index is 11.4. The van der Waals surface area contributed by atoms with Crippen molar-refractivity contribution in [2.45, 2.75) is 32.4 Å². The minimum absolute atomic E-state index is 0.112. The van der Waals surface area contributed by atoms with Crippen LogP contribution in [0.3, 0.4) is 0 Å². The van der Waals surface area contributed by atoms with Crippen LogP contribution < -0.4 is 14.8 Å². The molecule has 0 aliphatic carbocycles. The molecular formula is C24H26Cl2N4O3. The number of amides is 1. The third-order valence-electron chi connectivity index (χ3n) is 6.06. The van der Waals surface area contributed by atoms with Gasteiger partial charge in [-0.15, -0.1) is 0 Å². The van der Waals surface area contributed by atoms with Gasteiger partial charge in [-0.1, -0.05) is 43.1 Å². The quantitative estimate of drug-likeness (QED) is 0.455. The number of rotatable bonds is 7. The van der Waals surface area contributed by atoms with Gasteiger partial charge in [0.2, 0.25) is 12.4 Å². The fourth-order valence-electron chi connectivity index (χ4n) is 4.35. The zero-order valence-electron chi connectivity index (χ0n) is 18.9. The number of benzene rings is 2. The molecule has 1 aromatic heterocycles. The molecule has 174 valence electrons. The fourth-order valence-corrected chi connectivity index (χ4v) is 5.07. The van der Waals surface area contributed by atoms with Crippen LogP contribution in [0.1, 0.15) is 20.3 Å². The Hall–Kier alpha value is -2.77. The topological polar surface area (TPSA) is 76.6 Å². The molecule has 1 N–H and O–H groups in total. The van der Waals surface area contributed by atoms with Crippen molar-refractivity contribution in [3.8, 4) is 22.6 Å². The Kier molecular flexibility index (Phi) is 6.81. The van der Waals surface area contributed by atoms with E-state index in [2.05, 4.69) is 29.1 Å². The van der Waals surface area contributed by atoms with Gasteiger partial charge in [-0.2, -0.15) is 0 Å². The van der Waals surface area contributed by atoms with E-state index >= 15 is 0 Å². The Labute approximate surface area is 203 Å². The molecule has 2 aromatic carbocycles. The summed E-state index contributed by atoms with van der Waals surface area (Å²) >= 11 is 13.1. The Morgan fingerprint density at radius 1 is 1.15 bits per heavy atom. The Bertz CT molecular complexity index is 1160. The average Bonchev–Trinajstić information content (AvgIpc) is 3.22. The first-order valence-corrected chi connectivity index (χ1v) is 11.5. The van der Waals surface area contributed by atoms with Crippen LogP contribution in [0.2, 0.25) is 10.0 Å². The van der Waals surface area contributed by atoms with Gasteiger partial charge in [-0.25, -0.2) is 9.97 Å². The van der Waals surface area contributed by atoms with Crippen LogP contribution in [0.5, 0.6) is 11.5 Å². The molecule has 1 amide bonds. The number of likely N-dealkylation sites (tertiary alicyclic amines) is 1. The molecule has 9 heteroatoms. The van der Waals surface area contributed by atoms with E-state index in [0.29, 0.717) is 45.5 Å². The Balaban J connectivity index is 1.63. The number of ether oxygens (including phenoxy) is 2. The van der Waals surface area contributed by atoms with Gasteiger partial charge in [-0.05, 0) is 30.0 Å². The highest BCUT2D eigenvalue weighted by molar-refractivity contribution is 6.41. The highest BCUT2D eigenvalue weighted by Gasteiger charge is 2.33. The summed E-state index contributed by atoms with van der Waals surface area (Å²) in [6.45, 7) is 4.90. The summed E-state index contributed by atoms with van der Waals surface area (Å²) in [4.78, 5) is 22.4. The van der Waals surface area contributed by atoms with Crippen LogP contribution in [0.4, 0.5) is 5.95 Å². The first-order chi connectivity index (χ1) is 15.9. The molecule has 0 saturated carbocycles. The SMILES string of the molecule is COc1cc(OC)c(Cl)c(-c2ccc3nc(NC4CC(C(C)C)N(C=O)C4)ncc3c2)c1Cl. The van der Waals surface area contributed by atoms with Crippen LogP contribution >= 0.6 is 23.2 Å². The third-order valence-corrected chi connectivity index (χ3v) is 6.81. The van der Waals surface area contributed by atoms with E-state index in [0.717, 1.165) is 29.3 Å². The van der Waals surface area contributed by atoms with E-state index in [1.165, 1.54) is 0 Å². The number of nitrogens with zero attached hydrogens (tertiary/aromatic N) is 3. The molecule has 1 aliphatic heterocycles. The number of aromatic nitrogens is 2. The van der Waals surface area contributed by atoms with Gasteiger partial charge in [-0.3, -0.25) is 4.79 Å². The van der Waals surface area contributed by atoms with Crippen molar-refractivity contribution < 1.29 is 14.3 Å². The molecule has 33 heavy (non-hydrogen) atoms. The second-order valence-electron chi connectivity index (χ2n) is 8.44. The molecule has 2 heterocycles. The molecule has 2 atom stereocenters. The molecule has 1 fully saturated rings. The summed E-state index contributed by atoms with van der Waals surface area (Å²) < 4.78 is 10.8. The Morgan fingerprint density at radius 2 is 1.85 bits per heavy atom. The summed E-state index contributed by atoms with van der Waals surface area (Å²) in [6, 6.07) is 7.74. The number of fused-ring (bicyclic) bond motifs is 1. The van der Waals surface area contributed by atoms with E-state index in [4.69, 9.17) is 32.7 Å². The summed E-state index contributed by atoms with van der Waals surface area (Å²) in [5, 5.41) is 5.03. The lowest BCUT2D eigenvalue weighted by Crippen LogP contribution is -2.32. The smallest absolute Gasteiger partial charge is 0.223 e. The van der Waals surface area contributed by atoms with Gasteiger partial charge in [0, 0.05) is 41.8 Å². The first-order valence-electron chi connectivity index (χ1n) is 10.7. The number of anilines is 1. The highest BCUT2D eigenvalue weighted by atomic mass is 35.5. The van der Waals surface area contributed by atoms with E-state index in [9.17, 15) is 4.79 Å². The van der Waals surface area contributed by atoms with Crippen molar-refractivity contribution in [1.29, 1.82) is 0 Å². The van der Waals surface area contributed by atoms with Gasteiger partial charge >= 0.3 is 0 Å². The maximum Gasteiger partial charge on any atom is 0.223 e. The largest absolute Gasteiger partial charge is 0.495 e. The number of carbonyl (C=O) groups is 1. The normalized spacial score (nSPS) is 18.1. The van der Waals surface area contributed by atoms with Crippen LogP contribution in [0.15, 0.2) is 30.5 Å². The van der Waals surface area contributed by atoms with Gasteiger partial charge < -0.3 is 19.7 Å². The third kappa shape index (κ3) is 4.52. The van der Waals surface area contributed by atoms with Crippen molar-refractivity contribution >= 4 is 46.5 Å². The number of halogens is 2. The van der Waals surface area contributed by atoms with Crippen molar-refractivity contribution in [2.75, 3.05) is 26.1 Å². The molecule has 0 radical (unpaired) electrons. The molecule has 2 unspecified atom stereocenters.